The maximum atomic E-state index is 13.1. The summed E-state index contributed by atoms with van der Waals surface area (Å²) in [6.07, 6.45) is 7.52. The topological polar surface area (TPSA) is 43.8 Å². The predicted molar refractivity (Wildman–Crippen MR) is 83.3 cm³/mol. The van der Waals surface area contributed by atoms with E-state index in [1.807, 2.05) is 7.05 Å². The molecule has 3 rings (SSSR count). The first-order valence-electron chi connectivity index (χ1n) is 7.72. The normalized spacial score (nSPS) is 15.7. The largest absolute Gasteiger partial charge is 0.383 e. The van der Waals surface area contributed by atoms with E-state index in [1.54, 1.807) is 16.8 Å². The van der Waals surface area contributed by atoms with Crippen molar-refractivity contribution in [2.24, 2.45) is 13.0 Å². The van der Waals surface area contributed by atoms with Gasteiger partial charge in [-0.05, 0) is 36.5 Å². The molecule has 1 aliphatic rings. The van der Waals surface area contributed by atoms with Gasteiger partial charge in [-0.1, -0.05) is 37.8 Å². The Morgan fingerprint density at radius 3 is 2.57 bits per heavy atom. The number of benzene rings is 1. The summed E-state index contributed by atoms with van der Waals surface area (Å²) in [4.78, 5) is 0. The van der Waals surface area contributed by atoms with E-state index in [1.165, 1.54) is 44.2 Å². The summed E-state index contributed by atoms with van der Waals surface area (Å²) >= 11 is 0. The van der Waals surface area contributed by atoms with E-state index in [9.17, 15) is 4.39 Å². The Morgan fingerprint density at radius 1 is 1.24 bits per heavy atom. The van der Waals surface area contributed by atoms with Crippen LogP contribution in [0.5, 0.6) is 0 Å². The molecule has 0 amide bonds. The zero-order valence-electron chi connectivity index (χ0n) is 12.5. The third kappa shape index (κ3) is 2.94. The lowest BCUT2D eigenvalue weighted by Crippen LogP contribution is -1.99. The lowest BCUT2D eigenvalue weighted by molar-refractivity contribution is 0.499. The Hall–Kier alpha value is -1.84. The highest BCUT2D eigenvalue weighted by Gasteiger charge is 2.19. The van der Waals surface area contributed by atoms with Crippen LogP contribution in [-0.2, 0) is 13.5 Å². The van der Waals surface area contributed by atoms with Crippen LogP contribution < -0.4 is 5.73 Å². The van der Waals surface area contributed by atoms with Gasteiger partial charge in [0.05, 0.1) is 5.69 Å². The van der Waals surface area contributed by atoms with Gasteiger partial charge in [-0.25, -0.2) is 4.39 Å². The second-order valence-corrected chi connectivity index (χ2v) is 6.03. The van der Waals surface area contributed by atoms with Gasteiger partial charge in [-0.2, -0.15) is 5.10 Å². The Morgan fingerprint density at radius 2 is 1.90 bits per heavy atom. The maximum absolute atomic E-state index is 13.1. The summed E-state index contributed by atoms with van der Waals surface area (Å²) < 4.78 is 14.8. The van der Waals surface area contributed by atoms with Crippen molar-refractivity contribution in [3.05, 3.63) is 35.8 Å². The van der Waals surface area contributed by atoms with Crippen LogP contribution in [0.3, 0.4) is 0 Å². The molecule has 2 aromatic rings. The van der Waals surface area contributed by atoms with Crippen LogP contribution in [0.4, 0.5) is 10.2 Å². The molecule has 1 aliphatic carbocycles. The van der Waals surface area contributed by atoms with Gasteiger partial charge in [0.15, 0.2) is 0 Å². The lowest BCUT2D eigenvalue weighted by atomic mass is 9.97. The van der Waals surface area contributed by atoms with Crippen molar-refractivity contribution < 1.29 is 4.39 Å². The molecule has 0 unspecified atom stereocenters. The second kappa shape index (κ2) is 5.88. The number of aromatic nitrogens is 2. The maximum Gasteiger partial charge on any atom is 0.129 e. The third-order valence-electron chi connectivity index (χ3n) is 4.56. The summed E-state index contributed by atoms with van der Waals surface area (Å²) in [6.45, 7) is 0. The van der Waals surface area contributed by atoms with Gasteiger partial charge >= 0.3 is 0 Å². The number of rotatable bonds is 4. The molecular formula is C17H22FN3. The zero-order chi connectivity index (χ0) is 14.8. The number of hydrogen-bond donors (Lipinski definition) is 1. The minimum atomic E-state index is -0.228. The molecule has 0 spiro atoms. The summed E-state index contributed by atoms with van der Waals surface area (Å²) in [5.41, 5.74) is 9.12. The van der Waals surface area contributed by atoms with Gasteiger partial charge in [-0.3, -0.25) is 4.68 Å². The van der Waals surface area contributed by atoms with Crippen molar-refractivity contribution in [1.29, 1.82) is 0 Å². The number of nitrogens with zero attached hydrogens (tertiary/aromatic N) is 2. The van der Waals surface area contributed by atoms with Crippen LogP contribution >= 0.6 is 0 Å². The van der Waals surface area contributed by atoms with Gasteiger partial charge in [0.25, 0.3) is 0 Å². The molecule has 1 saturated carbocycles. The standard InChI is InChI=1S/C17H22FN3/c1-21-17(19)16(13-7-9-14(18)10-8-13)15(20-21)11-6-12-4-2-3-5-12/h7-10,12H,2-6,11,19H2,1H3. The number of anilines is 1. The fourth-order valence-electron chi connectivity index (χ4n) is 3.34. The number of nitrogens with two attached hydrogens (primary N) is 1. The monoisotopic (exact) mass is 287 g/mol. The Balaban J connectivity index is 1.86. The van der Waals surface area contributed by atoms with E-state index in [2.05, 4.69) is 5.10 Å². The molecule has 0 atom stereocenters. The summed E-state index contributed by atoms with van der Waals surface area (Å²) in [5.74, 6) is 1.26. The Kier molecular flexibility index (Phi) is 3.95. The van der Waals surface area contributed by atoms with Crippen LogP contribution in [0.15, 0.2) is 24.3 Å². The van der Waals surface area contributed by atoms with Crippen molar-refractivity contribution in [3.8, 4) is 11.1 Å². The molecule has 1 fully saturated rings. The quantitative estimate of drug-likeness (QED) is 0.926. The third-order valence-corrected chi connectivity index (χ3v) is 4.56. The number of hydrogen-bond acceptors (Lipinski definition) is 2. The van der Waals surface area contributed by atoms with Crippen molar-refractivity contribution >= 4 is 5.82 Å². The van der Waals surface area contributed by atoms with Crippen LogP contribution in [-0.4, -0.2) is 9.78 Å². The molecule has 3 nitrogen and oxygen atoms in total. The number of aryl methyl sites for hydroxylation is 2. The van der Waals surface area contributed by atoms with E-state index in [-0.39, 0.29) is 5.82 Å². The first-order chi connectivity index (χ1) is 10.1. The van der Waals surface area contributed by atoms with E-state index in [0.29, 0.717) is 5.82 Å². The average Bonchev–Trinajstić information content (AvgIpc) is 3.08. The molecular weight excluding hydrogens is 265 g/mol. The second-order valence-electron chi connectivity index (χ2n) is 6.03. The number of nitrogen functional groups attached to an aromatic ring is 1. The van der Waals surface area contributed by atoms with Crippen LogP contribution in [0.1, 0.15) is 37.8 Å². The van der Waals surface area contributed by atoms with Gasteiger partial charge in [-0.15, -0.1) is 0 Å². The smallest absolute Gasteiger partial charge is 0.129 e. The molecule has 1 aromatic heterocycles. The van der Waals surface area contributed by atoms with Crippen molar-refractivity contribution in [1.82, 2.24) is 9.78 Å². The highest BCUT2D eigenvalue weighted by molar-refractivity contribution is 5.76. The van der Waals surface area contributed by atoms with Crippen molar-refractivity contribution in [3.63, 3.8) is 0 Å². The van der Waals surface area contributed by atoms with Gasteiger partial charge < -0.3 is 5.73 Å². The van der Waals surface area contributed by atoms with Crippen LogP contribution in [0.2, 0.25) is 0 Å². The Labute approximate surface area is 125 Å². The molecule has 0 aliphatic heterocycles. The fraction of sp³-hybridized carbons (Fsp3) is 0.471. The highest BCUT2D eigenvalue weighted by atomic mass is 19.1. The zero-order valence-corrected chi connectivity index (χ0v) is 12.5. The van der Waals surface area contributed by atoms with E-state index in [4.69, 9.17) is 5.73 Å². The Bertz CT molecular complexity index is 610. The minimum absolute atomic E-state index is 0.228. The molecule has 21 heavy (non-hydrogen) atoms. The summed E-state index contributed by atoms with van der Waals surface area (Å²) in [6, 6.07) is 6.51. The summed E-state index contributed by atoms with van der Waals surface area (Å²) in [7, 11) is 1.86. The molecule has 0 bridgehead atoms. The minimum Gasteiger partial charge on any atom is -0.383 e. The van der Waals surface area contributed by atoms with Crippen LogP contribution in [0, 0.1) is 11.7 Å². The van der Waals surface area contributed by atoms with E-state index >= 15 is 0 Å². The molecule has 1 heterocycles. The van der Waals surface area contributed by atoms with Crippen molar-refractivity contribution in [2.45, 2.75) is 38.5 Å². The first kappa shape index (κ1) is 14.1. The number of halogens is 1. The van der Waals surface area contributed by atoms with Crippen LogP contribution in [0.25, 0.3) is 11.1 Å². The molecule has 2 N–H and O–H groups in total. The predicted octanol–water partition coefficient (Wildman–Crippen LogP) is 3.93. The molecule has 0 radical (unpaired) electrons. The molecule has 0 saturated heterocycles. The summed E-state index contributed by atoms with van der Waals surface area (Å²) in [5, 5.41) is 4.57. The van der Waals surface area contributed by atoms with Gasteiger partial charge in [0.2, 0.25) is 0 Å². The van der Waals surface area contributed by atoms with E-state index in [0.717, 1.165) is 29.2 Å². The highest BCUT2D eigenvalue weighted by Crippen LogP contribution is 2.33. The molecule has 112 valence electrons. The fourth-order valence-corrected chi connectivity index (χ4v) is 3.34. The average molecular weight is 287 g/mol. The molecule has 1 aromatic carbocycles. The first-order valence-corrected chi connectivity index (χ1v) is 7.72. The van der Waals surface area contributed by atoms with Crippen molar-refractivity contribution in [2.75, 3.05) is 5.73 Å². The molecule has 4 heteroatoms. The SMILES string of the molecule is Cn1nc(CCC2CCCC2)c(-c2ccc(F)cc2)c1N. The lowest BCUT2D eigenvalue weighted by Gasteiger charge is -2.08. The van der Waals surface area contributed by atoms with Gasteiger partial charge in [0, 0.05) is 12.6 Å². The van der Waals surface area contributed by atoms with E-state index < -0.39 is 0 Å². The van der Waals surface area contributed by atoms with Gasteiger partial charge in [0.1, 0.15) is 11.6 Å².